The van der Waals surface area contributed by atoms with Crippen LogP contribution >= 0.6 is 0 Å². The van der Waals surface area contributed by atoms with Gasteiger partial charge in [0.25, 0.3) is 0 Å². The molecule has 0 radical (unpaired) electrons. The molecule has 1 amide bonds. The van der Waals surface area contributed by atoms with Gasteiger partial charge in [-0.15, -0.1) is 0 Å². The highest BCUT2D eigenvalue weighted by Gasteiger charge is 2.09. The van der Waals surface area contributed by atoms with Gasteiger partial charge in [0.05, 0.1) is 5.69 Å². The molecule has 0 heterocycles. The molecule has 0 aliphatic carbocycles. The van der Waals surface area contributed by atoms with E-state index in [1.54, 1.807) is 0 Å². The minimum Gasteiger partial charge on any atom is -0.378 e. The van der Waals surface area contributed by atoms with Crippen LogP contribution in [0.2, 0.25) is 0 Å². The summed E-state index contributed by atoms with van der Waals surface area (Å²) in [6.07, 6.45) is 0. The fourth-order valence-electron chi connectivity index (χ4n) is 1.82. The predicted molar refractivity (Wildman–Crippen MR) is 74.4 cm³/mol. The van der Waals surface area contributed by atoms with Crippen molar-refractivity contribution in [1.82, 2.24) is 0 Å². The van der Waals surface area contributed by atoms with E-state index in [9.17, 15) is 18.0 Å². The summed E-state index contributed by atoms with van der Waals surface area (Å²) in [6, 6.07) is 7.76. The molecule has 2 N–H and O–H groups in total. The van der Waals surface area contributed by atoms with E-state index in [0.29, 0.717) is 5.69 Å². The molecule has 110 valence electrons. The van der Waals surface area contributed by atoms with E-state index in [4.69, 9.17) is 0 Å². The summed E-state index contributed by atoms with van der Waals surface area (Å²) in [5.74, 6) is -2.77. The topological polar surface area (TPSA) is 41.1 Å². The summed E-state index contributed by atoms with van der Waals surface area (Å²) < 4.78 is 40.2. The van der Waals surface area contributed by atoms with Crippen LogP contribution in [-0.2, 0) is 11.3 Å². The second-order valence-electron chi connectivity index (χ2n) is 4.44. The van der Waals surface area contributed by atoms with Crippen molar-refractivity contribution in [3.8, 4) is 0 Å². The average molecular weight is 294 g/mol. The van der Waals surface area contributed by atoms with Gasteiger partial charge in [0.15, 0.2) is 11.6 Å². The summed E-state index contributed by atoms with van der Waals surface area (Å²) in [5, 5.41) is 5.19. The summed E-state index contributed by atoms with van der Waals surface area (Å²) >= 11 is 0. The van der Waals surface area contributed by atoms with Crippen molar-refractivity contribution in [2.45, 2.75) is 13.5 Å². The molecule has 21 heavy (non-hydrogen) atoms. The Hall–Kier alpha value is -2.50. The average Bonchev–Trinajstić information content (AvgIpc) is 2.43. The van der Waals surface area contributed by atoms with E-state index in [2.05, 4.69) is 10.6 Å². The van der Waals surface area contributed by atoms with Gasteiger partial charge < -0.3 is 10.6 Å². The number of carbonyl (C=O) groups excluding carboxylic acids is 1. The van der Waals surface area contributed by atoms with E-state index in [1.165, 1.54) is 37.3 Å². The maximum absolute atomic E-state index is 13.6. The van der Waals surface area contributed by atoms with Crippen LogP contribution in [-0.4, -0.2) is 5.91 Å². The highest BCUT2D eigenvalue weighted by atomic mass is 19.2. The number of nitrogens with one attached hydrogen (secondary N) is 2. The molecule has 6 heteroatoms. The predicted octanol–water partition coefficient (Wildman–Crippen LogP) is 3.67. The van der Waals surface area contributed by atoms with Crippen LogP contribution in [0.1, 0.15) is 12.5 Å². The third-order valence-corrected chi connectivity index (χ3v) is 2.79. The van der Waals surface area contributed by atoms with Crippen LogP contribution < -0.4 is 10.6 Å². The minimum atomic E-state index is -0.969. The Balaban J connectivity index is 2.15. The van der Waals surface area contributed by atoms with Crippen LogP contribution in [0.5, 0.6) is 0 Å². The number of rotatable bonds is 4. The van der Waals surface area contributed by atoms with Crippen LogP contribution in [0.3, 0.4) is 0 Å². The third kappa shape index (κ3) is 3.75. The molecule has 0 aromatic heterocycles. The molecule has 0 spiro atoms. The molecular weight excluding hydrogens is 281 g/mol. The van der Waals surface area contributed by atoms with E-state index in [-0.39, 0.29) is 23.7 Å². The standard InChI is InChI=1S/C15H13F3N2O/c1-9(21)20-11-5-6-12(16)14(7-11)19-8-10-3-2-4-13(17)15(10)18/h2-7,19H,8H2,1H3,(H,20,21). The Bertz CT molecular complexity index is 674. The van der Waals surface area contributed by atoms with Crippen molar-refractivity contribution in [3.05, 3.63) is 59.4 Å². The summed E-state index contributed by atoms with van der Waals surface area (Å²) in [4.78, 5) is 11.0. The van der Waals surface area contributed by atoms with E-state index >= 15 is 0 Å². The monoisotopic (exact) mass is 294 g/mol. The second-order valence-corrected chi connectivity index (χ2v) is 4.44. The molecule has 0 unspecified atom stereocenters. The fourth-order valence-corrected chi connectivity index (χ4v) is 1.82. The Morgan fingerprint density at radius 1 is 1.10 bits per heavy atom. The van der Waals surface area contributed by atoms with Crippen molar-refractivity contribution in [2.24, 2.45) is 0 Å². The molecule has 3 nitrogen and oxygen atoms in total. The van der Waals surface area contributed by atoms with E-state index < -0.39 is 17.5 Å². The van der Waals surface area contributed by atoms with Crippen LogP contribution in [0.15, 0.2) is 36.4 Å². The SMILES string of the molecule is CC(=O)Nc1ccc(F)c(NCc2cccc(F)c2F)c1. The largest absolute Gasteiger partial charge is 0.378 e. The van der Waals surface area contributed by atoms with Crippen LogP contribution in [0, 0.1) is 17.5 Å². The van der Waals surface area contributed by atoms with Gasteiger partial charge in [-0.1, -0.05) is 12.1 Å². The quantitative estimate of drug-likeness (QED) is 0.903. The number of amides is 1. The number of carbonyl (C=O) groups is 1. The normalized spacial score (nSPS) is 10.3. The molecular formula is C15H13F3N2O. The first-order valence-corrected chi connectivity index (χ1v) is 6.21. The lowest BCUT2D eigenvalue weighted by Gasteiger charge is -2.11. The number of benzene rings is 2. The van der Waals surface area contributed by atoms with Crippen molar-refractivity contribution < 1.29 is 18.0 Å². The van der Waals surface area contributed by atoms with E-state index in [1.807, 2.05) is 0 Å². The van der Waals surface area contributed by atoms with Gasteiger partial charge in [-0.25, -0.2) is 13.2 Å². The Kier molecular flexibility index (Phi) is 4.47. The number of hydrogen-bond acceptors (Lipinski definition) is 2. The number of hydrogen-bond donors (Lipinski definition) is 2. The van der Waals surface area contributed by atoms with Gasteiger partial charge in [0, 0.05) is 24.7 Å². The van der Waals surface area contributed by atoms with Gasteiger partial charge >= 0.3 is 0 Å². The summed E-state index contributed by atoms with van der Waals surface area (Å²) in [6.45, 7) is 1.25. The smallest absolute Gasteiger partial charge is 0.221 e. The van der Waals surface area contributed by atoms with Crippen molar-refractivity contribution in [3.63, 3.8) is 0 Å². The molecule has 0 saturated heterocycles. The van der Waals surface area contributed by atoms with Crippen LogP contribution in [0.4, 0.5) is 24.5 Å². The first kappa shape index (κ1) is 14.9. The number of halogens is 3. The first-order chi connectivity index (χ1) is 9.97. The van der Waals surface area contributed by atoms with Crippen molar-refractivity contribution in [2.75, 3.05) is 10.6 Å². The minimum absolute atomic E-state index is 0.0793. The lowest BCUT2D eigenvalue weighted by atomic mass is 10.2. The maximum Gasteiger partial charge on any atom is 0.221 e. The Morgan fingerprint density at radius 3 is 2.57 bits per heavy atom. The lowest BCUT2D eigenvalue weighted by molar-refractivity contribution is -0.114. The molecule has 2 aromatic rings. The molecule has 0 bridgehead atoms. The molecule has 0 atom stereocenters. The zero-order valence-electron chi connectivity index (χ0n) is 11.2. The fraction of sp³-hybridized carbons (Fsp3) is 0.133. The molecule has 0 fully saturated rings. The Morgan fingerprint density at radius 2 is 1.86 bits per heavy atom. The van der Waals surface area contributed by atoms with Gasteiger partial charge in [0.2, 0.25) is 5.91 Å². The van der Waals surface area contributed by atoms with Gasteiger partial charge in [-0.3, -0.25) is 4.79 Å². The summed E-state index contributed by atoms with van der Waals surface area (Å²) in [7, 11) is 0. The highest BCUT2D eigenvalue weighted by Crippen LogP contribution is 2.21. The van der Waals surface area contributed by atoms with Crippen molar-refractivity contribution in [1.29, 1.82) is 0 Å². The number of anilines is 2. The molecule has 0 aliphatic rings. The van der Waals surface area contributed by atoms with Gasteiger partial charge in [0.1, 0.15) is 5.82 Å². The maximum atomic E-state index is 13.6. The third-order valence-electron chi connectivity index (χ3n) is 2.79. The van der Waals surface area contributed by atoms with Crippen LogP contribution in [0.25, 0.3) is 0 Å². The van der Waals surface area contributed by atoms with E-state index in [0.717, 1.165) is 6.07 Å². The molecule has 0 aliphatic heterocycles. The Labute approximate surface area is 119 Å². The lowest BCUT2D eigenvalue weighted by Crippen LogP contribution is -2.08. The van der Waals surface area contributed by atoms with Gasteiger partial charge in [-0.05, 0) is 24.3 Å². The molecule has 2 rings (SSSR count). The summed E-state index contributed by atoms with van der Waals surface area (Å²) in [5.41, 5.74) is 0.579. The zero-order chi connectivity index (χ0) is 15.4. The van der Waals surface area contributed by atoms with Gasteiger partial charge in [-0.2, -0.15) is 0 Å². The molecule has 2 aromatic carbocycles. The highest BCUT2D eigenvalue weighted by molar-refractivity contribution is 5.89. The zero-order valence-corrected chi connectivity index (χ0v) is 11.2. The molecule has 0 saturated carbocycles. The second kappa shape index (κ2) is 6.30. The first-order valence-electron chi connectivity index (χ1n) is 6.21. The van der Waals surface area contributed by atoms with Crippen molar-refractivity contribution >= 4 is 17.3 Å².